The third kappa shape index (κ3) is 5.41. The Labute approximate surface area is 163 Å². The van der Waals surface area contributed by atoms with Gasteiger partial charge in [-0.1, -0.05) is 11.8 Å². The van der Waals surface area contributed by atoms with Gasteiger partial charge in [-0.2, -0.15) is 4.98 Å². The summed E-state index contributed by atoms with van der Waals surface area (Å²) in [5, 5.41) is 12.0. The van der Waals surface area contributed by atoms with Crippen LogP contribution in [0.2, 0.25) is 0 Å². The number of hydrogen-bond acceptors (Lipinski definition) is 6. The summed E-state index contributed by atoms with van der Waals surface area (Å²) in [5.74, 6) is 6.91. The van der Waals surface area contributed by atoms with Crippen molar-refractivity contribution < 1.29 is 9.18 Å². The number of benzene rings is 1. The molecule has 0 spiro atoms. The third-order valence-electron chi connectivity index (χ3n) is 4.27. The molecule has 0 bridgehead atoms. The van der Waals surface area contributed by atoms with E-state index >= 15 is 0 Å². The molecule has 0 saturated carbocycles. The number of nitrogens with one attached hydrogen (secondary N) is 4. The smallest absolute Gasteiger partial charge is 0.237 e. The minimum Gasteiger partial charge on any atom is -0.372 e. The Bertz CT molecular complexity index is 871. The second-order valence-electron chi connectivity index (χ2n) is 6.33. The first-order valence-electron chi connectivity index (χ1n) is 9.23. The molecule has 1 saturated heterocycles. The first-order chi connectivity index (χ1) is 13.7. The third-order valence-corrected chi connectivity index (χ3v) is 4.27. The van der Waals surface area contributed by atoms with Crippen molar-refractivity contribution in [1.82, 2.24) is 20.6 Å². The summed E-state index contributed by atoms with van der Waals surface area (Å²) in [6.07, 6.45) is 3.99. The molecular formula is C20H23FN6O. The fourth-order valence-electron chi connectivity index (χ4n) is 2.57. The molecule has 0 unspecified atom stereocenters. The van der Waals surface area contributed by atoms with Gasteiger partial charge in [0.25, 0.3) is 0 Å². The molecule has 146 valence electrons. The number of anilines is 3. The lowest BCUT2D eigenvalue weighted by molar-refractivity contribution is -0.124. The number of rotatable bonds is 7. The van der Waals surface area contributed by atoms with E-state index in [2.05, 4.69) is 43.1 Å². The average molecular weight is 382 g/mol. The fraction of sp³-hybridized carbons (Fsp3) is 0.350. The number of halogens is 1. The SMILES string of the molecule is CNc1nc(Nc2ccc(F)cc2)ncc1C#CCCCNC(=O)[C@@H]1CCN1. The van der Waals surface area contributed by atoms with E-state index in [0.29, 0.717) is 36.0 Å². The zero-order valence-electron chi connectivity index (χ0n) is 15.7. The van der Waals surface area contributed by atoms with Crippen LogP contribution >= 0.6 is 0 Å². The Kier molecular flexibility index (Phi) is 6.76. The van der Waals surface area contributed by atoms with E-state index in [1.165, 1.54) is 12.1 Å². The highest BCUT2D eigenvalue weighted by molar-refractivity contribution is 5.82. The largest absolute Gasteiger partial charge is 0.372 e. The van der Waals surface area contributed by atoms with Crippen molar-refractivity contribution >= 4 is 23.4 Å². The van der Waals surface area contributed by atoms with Crippen molar-refractivity contribution in [1.29, 1.82) is 0 Å². The summed E-state index contributed by atoms with van der Waals surface area (Å²) < 4.78 is 13.0. The van der Waals surface area contributed by atoms with Gasteiger partial charge in [-0.15, -0.1) is 0 Å². The number of amides is 1. The van der Waals surface area contributed by atoms with Gasteiger partial charge in [0.2, 0.25) is 11.9 Å². The van der Waals surface area contributed by atoms with Crippen LogP contribution in [0.4, 0.5) is 21.8 Å². The van der Waals surface area contributed by atoms with Crippen molar-refractivity contribution in [3.8, 4) is 11.8 Å². The van der Waals surface area contributed by atoms with E-state index in [-0.39, 0.29) is 17.8 Å². The molecule has 4 N–H and O–H groups in total. The van der Waals surface area contributed by atoms with Crippen molar-refractivity contribution in [2.45, 2.75) is 25.3 Å². The summed E-state index contributed by atoms with van der Waals surface area (Å²) in [6.45, 7) is 1.53. The summed E-state index contributed by atoms with van der Waals surface area (Å²) in [5.41, 5.74) is 1.39. The van der Waals surface area contributed by atoms with Gasteiger partial charge >= 0.3 is 0 Å². The van der Waals surface area contributed by atoms with Crippen LogP contribution in [-0.2, 0) is 4.79 Å². The monoisotopic (exact) mass is 382 g/mol. The Morgan fingerprint density at radius 3 is 2.82 bits per heavy atom. The van der Waals surface area contributed by atoms with E-state index < -0.39 is 0 Å². The van der Waals surface area contributed by atoms with Gasteiger partial charge in [-0.05, 0) is 43.7 Å². The highest BCUT2D eigenvalue weighted by Crippen LogP contribution is 2.17. The van der Waals surface area contributed by atoms with Crippen LogP contribution in [-0.4, -0.2) is 42.1 Å². The maximum Gasteiger partial charge on any atom is 0.237 e. The number of hydrogen-bond donors (Lipinski definition) is 4. The first-order valence-corrected chi connectivity index (χ1v) is 9.23. The van der Waals surface area contributed by atoms with E-state index in [0.717, 1.165) is 19.4 Å². The minimum absolute atomic E-state index is 0.0246. The van der Waals surface area contributed by atoms with Gasteiger partial charge in [-0.25, -0.2) is 9.37 Å². The molecule has 1 aromatic carbocycles. The molecule has 1 aliphatic rings. The lowest BCUT2D eigenvalue weighted by Gasteiger charge is -2.26. The second kappa shape index (κ2) is 9.67. The number of nitrogens with zero attached hydrogens (tertiary/aromatic N) is 2. The Morgan fingerprint density at radius 2 is 2.14 bits per heavy atom. The number of aromatic nitrogens is 2. The minimum atomic E-state index is -0.299. The Morgan fingerprint density at radius 1 is 1.36 bits per heavy atom. The Hall–Kier alpha value is -3.18. The van der Waals surface area contributed by atoms with Crippen LogP contribution in [0.25, 0.3) is 0 Å². The summed E-state index contributed by atoms with van der Waals surface area (Å²) >= 11 is 0. The topological polar surface area (TPSA) is 91.0 Å². The molecule has 1 fully saturated rings. The van der Waals surface area contributed by atoms with Gasteiger partial charge in [0.05, 0.1) is 17.8 Å². The maximum absolute atomic E-state index is 13.0. The molecule has 1 aromatic heterocycles. The van der Waals surface area contributed by atoms with Gasteiger partial charge in [-0.3, -0.25) is 4.79 Å². The molecule has 28 heavy (non-hydrogen) atoms. The number of unbranched alkanes of at least 4 members (excludes halogenated alkanes) is 1. The fourth-order valence-corrected chi connectivity index (χ4v) is 2.57. The van der Waals surface area contributed by atoms with Crippen molar-refractivity contribution in [3.05, 3.63) is 41.8 Å². The summed E-state index contributed by atoms with van der Waals surface area (Å²) in [7, 11) is 1.76. The van der Waals surface area contributed by atoms with E-state index in [9.17, 15) is 9.18 Å². The van der Waals surface area contributed by atoms with Gasteiger partial charge in [0.15, 0.2) is 0 Å². The van der Waals surface area contributed by atoms with Crippen molar-refractivity contribution in [3.63, 3.8) is 0 Å². The predicted octanol–water partition coefficient (Wildman–Crippen LogP) is 2.01. The molecular weight excluding hydrogens is 359 g/mol. The maximum atomic E-state index is 13.0. The van der Waals surface area contributed by atoms with E-state index in [4.69, 9.17) is 0 Å². The summed E-state index contributed by atoms with van der Waals surface area (Å²) in [6, 6.07) is 5.94. The molecule has 3 rings (SSSR count). The predicted molar refractivity (Wildman–Crippen MR) is 107 cm³/mol. The normalized spacial score (nSPS) is 15.0. The average Bonchev–Trinajstić information content (AvgIpc) is 2.65. The van der Waals surface area contributed by atoms with Gasteiger partial charge in [0, 0.05) is 25.7 Å². The molecule has 1 amide bonds. The van der Waals surface area contributed by atoms with Crippen LogP contribution in [0.3, 0.4) is 0 Å². The molecule has 2 aromatic rings. The van der Waals surface area contributed by atoms with Crippen molar-refractivity contribution in [2.75, 3.05) is 30.8 Å². The van der Waals surface area contributed by atoms with Crippen LogP contribution < -0.4 is 21.3 Å². The molecule has 2 heterocycles. The van der Waals surface area contributed by atoms with Crippen LogP contribution in [0.1, 0.15) is 24.8 Å². The lowest BCUT2D eigenvalue weighted by atomic mass is 10.1. The highest BCUT2D eigenvalue weighted by atomic mass is 19.1. The van der Waals surface area contributed by atoms with Crippen LogP contribution in [0.15, 0.2) is 30.5 Å². The van der Waals surface area contributed by atoms with Crippen molar-refractivity contribution in [2.24, 2.45) is 0 Å². The second-order valence-corrected chi connectivity index (χ2v) is 6.33. The summed E-state index contributed by atoms with van der Waals surface area (Å²) in [4.78, 5) is 20.3. The standard InChI is InChI=1S/C20H23FN6O/c1-22-18-14(5-3-2-4-11-24-19(28)17-10-12-23-17)13-25-20(27-18)26-16-8-6-15(21)7-9-16/h6-9,13,17,23H,2,4,10-12H2,1H3,(H,24,28)(H2,22,25,26,27)/t17-/m0/s1. The molecule has 1 atom stereocenters. The molecule has 0 aliphatic carbocycles. The molecule has 8 heteroatoms. The number of carbonyl (C=O) groups is 1. The van der Waals surface area contributed by atoms with Crippen LogP contribution in [0, 0.1) is 17.7 Å². The molecule has 7 nitrogen and oxygen atoms in total. The zero-order chi connectivity index (χ0) is 19.8. The Balaban J connectivity index is 1.50. The van der Waals surface area contributed by atoms with E-state index in [1.54, 1.807) is 25.4 Å². The van der Waals surface area contributed by atoms with Crippen LogP contribution in [0.5, 0.6) is 0 Å². The zero-order valence-corrected chi connectivity index (χ0v) is 15.7. The number of carbonyl (C=O) groups excluding carboxylic acids is 1. The highest BCUT2D eigenvalue weighted by Gasteiger charge is 2.23. The molecule has 0 radical (unpaired) electrons. The molecule has 1 aliphatic heterocycles. The van der Waals surface area contributed by atoms with E-state index in [1.807, 2.05) is 0 Å². The van der Waals surface area contributed by atoms with Gasteiger partial charge in [0.1, 0.15) is 11.6 Å². The quantitative estimate of drug-likeness (QED) is 0.433. The first kappa shape index (κ1) is 19.6. The van der Waals surface area contributed by atoms with Gasteiger partial charge < -0.3 is 21.3 Å². The lowest BCUT2D eigenvalue weighted by Crippen LogP contribution is -2.53.